The number of hydroxylamine groups is 2. The lowest BCUT2D eigenvalue weighted by molar-refractivity contribution is -0.251. The molecule has 1 aliphatic heterocycles. The van der Waals surface area contributed by atoms with E-state index >= 15 is 0 Å². The van der Waals surface area contributed by atoms with Gasteiger partial charge in [0.25, 0.3) is 0 Å². The van der Waals surface area contributed by atoms with Gasteiger partial charge in [-0.3, -0.25) is 4.79 Å². The van der Waals surface area contributed by atoms with Crippen molar-refractivity contribution >= 4 is 34.7 Å². The lowest BCUT2D eigenvalue weighted by Gasteiger charge is -2.51. The van der Waals surface area contributed by atoms with Crippen LogP contribution in [0, 0.1) is 5.92 Å². The minimum absolute atomic E-state index is 0.296. The molecule has 0 aliphatic carbocycles. The van der Waals surface area contributed by atoms with Gasteiger partial charge in [0, 0.05) is 54.5 Å². The second kappa shape index (κ2) is 11.2. The van der Waals surface area contributed by atoms with E-state index < -0.39 is 0 Å². The first kappa shape index (κ1) is 25.5. The third kappa shape index (κ3) is 7.12. The molecule has 6 heteroatoms. The summed E-state index contributed by atoms with van der Waals surface area (Å²) in [7, 11) is 0. The smallest absolute Gasteiger partial charge is 0.133 e. The van der Waals surface area contributed by atoms with E-state index in [0.29, 0.717) is 36.3 Å². The number of Topliss-reactive ketones (excluding diaryl/α,β-unsaturated/α-hetero) is 1. The van der Waals surface area contributed by atoms with Gasteiger partial charge in [0.15, 0.2) is 0 Å². The molecule has 0 atom stereocenters. The second-order valence-electron chi connectivity index (χ2n) is 9.84. The molecule has 1 saturated heterocycles. The van der Waals surface area contributed by atoms with Gasteiger partial charge in [-0.05, 0) is 77.0 Å². The maximum Gasteiger partial charge on any atom is 0.133 e. The number of ketones is 1. The van der Waals surface area contributed by atoms with Crippen LogP contribution in [0.2, 0.25) is 0 Å². The van der Waals surface area contributed by atoms with Crippen LogP contribution >= 0.6 is 23.2 Å². The van der Waals surface area contributed by atoms with E-state index in [1.54, 1.807) is 0 Å². The number of benzene rings is 1. The van der Waals surface area contributed by atoms with Crippen molar-refractivity contribution in [1.29, 1.82) is 0 Å². The number of aryl methyl sites for hydroxylation is 1. The number of carbonyl (C=O) groups excluding carboxylic acids is 1. The lowest BCUT2D eigenvalue weighted by Crippen LogP contribution is -2.59. The second-order valence-corrected chi connectivity index (χ2v) is 10.6. The summed E-state index contributed by atoms with van der Waals surface area (Å²) in [6.45, 7) is 9.77. The SMILES string of the molecule is CC1(C)CC(CC(=O)CCCc2ccc(N(CCCl)CCCl)cc2)CC(C)(C)N1O. The third-order valence-corrected chi connectivity index (χ3v) is 6.51. The van der Waals surface area contributed by atoms with Crippen LogP contribution in [0.25, 0.3) is 0 Å². The average Bonchev–Trinajstić information content (AvgIpc) is 2.66. The minimum atomic E-state index is -0.296. The predicted octanol–water partition coefficient (Wildman–Crippen LogP) is 5.91. The number of alkyl halides is 2. The Labute approximate surface area is 192 Å². The highest BCUT2D eigenvalue weighted by molar-refractivity contribution is 6.18. The van der Waals surface area contributed by atoms with Gasteiger partial charge in [-0.15, -0.1) is 23.2 Å². The van der Waals surface area contributed by atoms with E-state index in [4.69, 9.17) is 23.2 Å². The zero-order valence-electron chi connectivity index (χ0n) is 19.0. The summed E-state index contributed by atoms with van der Waals surface area (Å²) in [4.78, 5) is 14.8. The molecule has 0 spiro atoms. The van der Waals surface area contributed by atoms with Crippen molar-refractivity contribution in [2.75, 3.05) is 29.7 Å². The van der Waals surface area contributed by atoms with E-state index in [1.165, 1.54) is 10.6 Å². The molecule has 1 N–H and O–H groups in total. The number of hydrogen-bond donors (Lipinski definition) is 1. The first-order chi connectivity index (χ1) is 14.1. The zero-order chi connectivity index (χ0) is 22.4. The minimum Gasteiger partial charge on any atom is -0.369 e. The van der Waals surface area contributed by atoms with Crippen molar-refractivity contribution in [3.8, 4) is 0 Å². The first-order valence-corrected chi connectivity index (χ1v) is 12.1. The largest absolute Gasteiger partial charge is 0.369 e. The summed E-state index contributed by atoms with van der Waals surface area (Å²) in [5, 5.41) is 11.9. The van der Waals surface area contributed by atoms with Crippen LogP contribution in [0.1, 0.15) is 65.4 Å². The number of nitrogens with zero attached hydrogens (tertiary/aromatic N) is 2. The fourth-order valence-corrected chi connectivity index (χ4v) is 5.39. The predicted molar refractivity (Wildman–Crippen MR) is 127 cm³/mol. The van der Waals surface area contributed by atoms with Crippen molar-refractivity contribution in [2.24, 2.45) is 5.92 Å². The van der Waals surface area contributed by atoms with Gasteiger partial charge in [-0.1, -0.05) is 12.1 Å². The Morgan fingerprint density at radius 2 is 1.60 bits per heavy atom. The van der Waals surface area contributed by atoms with E-state index in [-0.39, 0.29) is 11.1 Å². The van der Waals surface area contributed by atoms with Crippen molar-refractivity contribution in [1.82, 2.24) is 5.06 Å². The molecule has 0 radical (unpaired) electrons. The number of anilines is 1. The van der Waals surface area contributed by atoms with E-state index in [9.17, 15) is 10.0 Å². The highest BCUT2D eigenvalue weighted by atomic mass is 35.5. The van der Waals surface area contributed by atoms with Crippen LogP contribution in [0.4, 0.5) is 5.69 Å². The van der Waals surface area contributed by atoms with E-state index in [0.717, 1.165) is 44.5 Å². The Bertz CT molecular complexity index is 652. The molecule has 0 unspecified atom stereocenters. The standard InChI is InChI=1S/C24H38Cl2N2O2/c1-23(2)17-20(18-24(3,4)28(23)30)16-22(29)7-5-6-19-8-10-21(11-9-19)27(14-12-25)15-13-26/h8-11,20,30H,5-7,12-18H2,1-4H3. The number of halogens is 2. The molecule has 0 bridgehead atoms. The van der Waals surface area contributed by atoms with Gasteiger partial charge in [-0.2, -0.15) is 5.06 Å². The summed E-state index contributed by atoms with van der Waals surface area (Å²) in [6, 6.07) is 8.50. The summed E-state index contributed by atoms with van der Waals surface area (Å²) >= 11 is 11.8. The summed E-state index contributed by atoms with van der Waals surface area (Å²) in [5.74, 6) is 1.82. The van der Waals surface area contributed by atoms with Crippen molar-refractivity contribution < 1.29 is 10.0 Å². The highest BCUT2D eigenvalue weighted by Gasteiger charge is 2.45. The van der Waals surface area contributed by atoms with E-state index in [1.807, 2.05) is 0 Å². The number of carbonyl (C=O) groups is 1. The molecule has 1 fully saturated rings. The van der Waals surface area contributed by atoms with E-state index in [2.05, 4.69) is 56.9 Å². The molecule has 1 heterocycles. The maximum atomic E-state index is 12.6. The van der Waals surface area contributed by atoms with Crippen LogP contribution in [0.3, 0.4) is 0 Å². The molecule has 1 aromatic carbocycles. The van der Waals surface area contributed by atoms with Gasteiger partial charge in [0.2, 0.25) is 0 Å². The van der Waals surface area contributed by atoms with Crippen molar-refractivity contribution in [3.63, 3.8) is 0 Å². The number of hydrogen-bond acceptors (Lipinski definition) is 4. The Hall–Kier alpha value is -0.810. The molecule has 1 aliphatic rings. The van der Waals surface area contributed by atoms with Gasteiger partial charge in [-0.25, -0.2) is 0 Å². The molecular formula is C24H38Cl2N2O2. The van der Waals surface area contributed by atoms with Crippen LogP contribution in [0.5, 0.6) is 0 Å². The lowest BCUT2D eigenvalue weighted by atomic mass is 9.73. The fourth-order valence-electron chi connectivity index (χ4n) is 4.98. The van der Waals surface area contributed by atoms with Gasteiger partial charge < -0.3 is 10.1 Å². The normalized spacial score (nSPS) is 19.0. The summed E-state index contributed by atoms with van der Waals surface area (Å²) < 4.78 is 0. The van der Waals surface area contributed by atoms with Crippen LogP contribution in [-0.4, -0.2) is 52.0 Å². The van der Waals surface area contributed by atoms with Crippen LogP contribution < -0.4 is 4.90 Å². The van der Waals surface area contributed by atoms with Gasteiger partial charge >= 0.3 is 0 Å². The molecule has 170 valence electrons. The molecule has 4 nitrogen and oxygen atoms in total. The monoisotopic (exact) mass is 456 g/mol. The molecule has 0 amide bonds. The Balaban J connectivity index is 1.80. The zero-order valence-corrected chi connectivity index (χ0v) is 20.5. The Morgan fingerprint density at radius 1 is 1.07 bits per heavy atom. The first-order valence-electron chi connectivity index (χ1n) is 11.1. The number of piperidine rings is 1. The highest BCUT2D eigenvalue weighted by Crippen LogP contribution is 2.41. The fraction of sp³-hybridized carbons (Fsp3) is 0.708. The Kier molecular flexibility index (Phi) is 9.48. The molecule has 30 heavy (non-hydrogen) atoms. The average molecular weight is 457 g/mol. The van der Waals surface area contributed by atoms with Crippen LogP contribution in [0.15, 0.2) is 24.3 Å². The van der Waals surface area contributed by atoms with Gasteiger partial charge in [0.1, 0.15) is 5.78 Å². The third-order valence-electron chi connectivity index (χ3n) is 6.17. The Morgan fingerprint density at radius 3 is 2.10 bits per heavy atom. The van der Waals surface area contributed by atoms with Crippen molar-refractivity contribution in [2.45, 2.75) is 77.3 Å². The van der Waals surface area contributed by atoms with Crippen LogP contribution in [-0.2, 0) is 11.2 Å². The van der Waals surface area contributed by atoms with Gasteiger partial charge in [0.05, 0.1) is 0 Å². The molecule has 0 saturated carbocycles. The summed E-state index contributed by atoms with van der Waals surface area (Å²) in [5.41, 5.74) is 1.79. The topological polar surface area (TPSA) is 43.8 Å². The molecule has 2 rings (SSSR count). The molecule has 1 aromatic rings. The molecule has 0 aromatic heterocycles. The molecular weight excluding hydrogens is 419 g/mol. The maximum absolute atomic E-state index is 12.6. The number of rotatable bonds is 11. The summed E-state index contributed by atoms with van der Waals surface area (Å²) in [6.07, 6.45) is 4.71. The quantitative estimate of drug-likeness (QED) is 0.420. The van der Waals surface area contributed by atoms with Crippen molar-refractivity contribution in [3.05, 3.63) is 29.8 Å².